The van der Waals surface area contributed by atoms with E-state index in [4.69, 9.17) is 9.47 Å². The molecule has 1 aliphatic rings. The van der Waals surface area contributed by atoms with E-state index in [9.17, 15) is 4.79 Å². The van der Waals surface area contributed by atoms with Crippen molar-refractivity contribution in [2.45, 2.75) is 77.2 Å². The fraction of sp³-hybridized carbons (Fsp3) is 0.938. The summed E-state index contributed by atoms with van der Waals surface area (Å²) in [6.07, 6.45) is 11.6. The van der Waals surface area contributed by atoms with Crippen LogP contribution < -0.4 is 0 Å². The number of ether oxygens (including phenoxy) is 2. The van der Waals surface area contributed by atoms with Gasteiger partial charge in [0.1, 0.15) is 0 Å². The second-order valence-electron chi connectivity index (χ2n) is 5.64. The van der Waals surface area contributed by atoms with E-state index in [0.717, 1.165) is 32.1 Å². The Hall–Kier alpha value is -0.570. The number of esters is 1. The lowest BCUT2D eigenvalue weighted by Gasteiger charge is -2.26. The molecule has 1 fully saturated rings. The maximum Gasteiger partial charge on any atom is 0.308 e. The Morgan fingerprint density at radius 1 is 1.00 bits per heavy atom. The number of carbonyl (C=O) groups excluding carboxylic acids is 1. The monoisotopic (exact) mass is 270 g/mol. The van der Waals surface area contributed by atoms with Crippen LogP contribution in [0.4, 0.5) is 0 Å². The first-order valence-electron chi connectivity index (χ1n) is 7.97. The molecule has 112 valence electrons. The second-order valence-corrected chi connectivity index (χ2v) is 5.64. The second kappa shape index (κ2) is 10.2. The lowest BCUT2D eigenvalue weighted by atomic mass is 9.87. The van der Waals surface area contributed by atoms with Crippen LogP contribution in [-0.4, -0.2) is 25.8 Å². The molecule has 3 nitrogen and oxygen atoms in total. The summed E-state index contributed by atoms with van der Waals surface area (Å²) in [6.45, 7) is 2.83. The molecule has 0 spiro atoms. The van der Waals surface area contributed by atoms with Crippen molar-refractivity contribution in [3.8, 4) is 0 Å². The molecular weight excluding hydrogens is 240 g/mol. The highest BCUT2D eigenvalue weighted by molar-refractivity contribution is 5.72. The Morgan fingerprint density at radius 2 is 1.63 bits per heavy atom. The van der Waals surface area contributed by atoms with Gasteiger partial charge >= 0.3 is 5.97 Å². The van der Waals surface area contributed by atoms with E-state index in [-0.39, 0.29) is 11.9 Å². The van der Waals surface area contributed by atoms with Crippen molar-refractivity contribution in [2.24, 2.45) is 5.92 Å². The van der Waals surface area contributed by atoms with Gasteiger partial charge in [-0.05, 0) is 32.1 Å². The van der Waals surface area contributed by atoms with E-state index >= 15 is 0 Å². The molecule has 0 unspecified atom stereocenters. The summed E-state index contributed by atoms with van der Waals surface area (Å²) in [5, 5.41) is 0. The lowest BCUT2D eigenvalue weighted by Crippen LogP contribution is -2.27. The number of unbranched alkanes of at least 4 members (excludes halogenated alkanes) is 5. The minimum atomic E-state index is 0.0168. The minimum Gasteiger partial charge on any atom is -0.465 e. The van der Waals surface area contributed by atoms with Crippen molar-refractivity contribution < 1.29 is 14.3 Å². The Labute approximate surface area is 118 Å². The molecule has 0 radical (unpaired) electrons. The van der Waals surface area contributed by atoms with Gasteiger partial charge in [0.15, 0.2) is 0 Å². The molecule has 3 heteroatoms. The molecule has 1 saturated carbocycles. The standard InChI is InChI=1S/C16H30O3/c1-3-4-5-6-7-8-13-19-16(17)14-9-11-15(18-2)12-10-14/h14-15H,3-13H2,1-2H3. The highest BCUT2D eigenvalue weighted by Crippen LogP contribution is 2.26. The van der Waals surface area contributed by atoms with Gasteiger partial charge in [0.25, 0.3) is 0 Å². The van der Waals surface area contributed by atoms with Gasteiger partial charge in [-0.15, -0.1) is 0 Å². The van der Waals surface area contributed by atoms with Crippen LogP contribution in [0, 0.1) is 5.92 Å². The summed E-state index contributed by atoms with van der Waals surface area (Å²) < 4.78 is 10.7. The van der Waals surface area contributed by atoms with E-state index < -0.39 is 0 Å². The Bertz CT molecular complexity index is 232. The van der Waals surface area contributed by atoms with Crippen molar-refractivity contribution in [3.63, 3.8) is 0 Å². The number of methoxy groups -OCH3 is 1. The van der Waals surface area contributed by atoms with Crippen molar-refractivity contribution >= 4 is 5.97 Å². The molecule has 0 heterocycles. The third-order valence-electron chi connectivity index (χ3n) is 4.08. The van der Waals surface area contributed by atoms with Gasteiger partial charge in [0, 0.05) is 7.11 Å². The van der Waals surface area contributed by atoms with Crippen molar-refractivity contribution in [1.29, 1.82) is 0 Å². The Morgan fingerprint density at radius 3 is 2.26 bits per heavy atom. The molecule has 0 aromatic carbocycles. The fourth-order valence-electron chi connectivity index (χ4n) is 2.71. The number of hydrogen-bond acceptors (Lipinski definition) is 3. The summed E-state index contributed by atoms with van der Waals surface area (Å²) in [5.74, 6) is 0.134. The molecule has 0 aliphatic heterocycles. The first-order valence-corrected chi connectivity index (χ1v) is 7.97. The molecule has 1 aliphatic carbocycles. The number of carbonyl (C=O) groups is 1. The van der Waals surface area contributed by atoms with Crippen LogP contribution in [-0.2, 0) is 14.3 Å². The normalized spacial score (nSPS) is 23.3. The van der Waals surface area contributed by atoms with E-state index in [1.807, 2.05) is 0 Å². The summed E-state index contributed by atoms with van der Waals surface area (Å²) in [4.78, 5) is 11.9. The van der Waals surface area contributed by atoms with Crippen LogP contribution >= 0.6 is 0 Å². The topological polar surface area (TPSA) is 35.5 Å². The zero-order valence-corrected chi connectivity index (χ0v) is 12.7. The molecule has 0 amide bonds. The molecule has 0 saturated heterocycles. The maximum atomic E-state index is 11.9. The molecule has 0 bridgehead atoms. The van der Waals surface area contributed by atoms with Gasteiger partial charge in [-0.3, -0.25) is 4.79 Å². The predicted molar refractivity (Wildman–Crippen MR) is 77.1 cm³/mol. The van der Waals surface area contributed by atoms with Crippen LogP contribution in [0.2, 0.25) is 0 Å². The van der Waals surface area contributed by atoms with Gasteiger partial charge in [-0.1, -0.05) is 39.0 Å². The molecule has 19 heavy (non-hydrogen) atoms. The molecule has 0 atom stereocenters. The molecular formula is C16H30O3. The molecule has 0 aromatic rings. The van der Waals surface area contributed by atoms with E-state index in [1.165, 1.54) is 32.1 Å². The maximum absolute atomic E-state index is 11.9. The minimum absolute atomic E-state index is 0.0168. The zero-order chi connectivity index (χ0) is 13.9. The molecule has 1 rings (SSSR count). The molecule has 0 N–H and O–H groups in total. The summed E-state index contributed by atoms with van der Waals surface area (Å²) in [7, 11) is 1.75. The highest BCUT2D eigenvalue weighted by Gasteiger charge is 2.27. The Kier molecular flexibility index (Phi) is 8.89. The van der Waals surface area contributed by atoms with Crippen molar-refractivity contribution in [1.82, 2.24) is 0 Å². The van der Waals surface area contributed by atoms with Gasteiger partial charge < -0.3 is 9.47 Å². The fourth-order valence-corrected chi connectivity index (χ4v) is 2.71. The average molecular weight is 270 g/mol. The summed E-state index contributed by atoms with van der Waals surface area (Å²) >= 11 is 0. The number of rotatable bonds is 9. The van der Waals surface area contributed by atoms with E-state index in [1.54, 1.807) is 7.11 Å². The van der Waals surface area contributed by atoms with Crippen LogP contribution in [0.5, 0.6) is 0 Å². The van der Waals surface area contributed by atoms with Crippen LogP contribution in [0.15, 0.2) is 0 Å². The van der Waals surface area contributed by atoms with Crippen molar-refractivity contribution in [3.05, 3.63) is 0 Å². The average Bonchev–Trinajstić information content (AvgIpc) is 2.46. The van der Waals surface area contributed by atoms with Crippen LogP contribution in [0.25, 0.3) is 0 Å². The SMILES string of the molecule is CCCCCCCCOC(=O)C1CCC(OC)CC1. The molecule has 0 aromatic heterocycles. The van der Waals surface area contributed by atoms with E-state index in [2.05, 4.69) is 6.92 Å². The van der Waals surface area contributed by atoms with E-state index in [0.29, 0.717) is 12.7 Å². The highest BCUT2D eigenvalue weighted by atomic mass is 16.5. The summed E-state index contributed by atoms with van der Waals surface area (Å²) in [6, 6.07) is 0. The van der Waals surface area contributed by atoms with Gasteiger partial charge in [0.05, 0.1) is 18.6 Å². The number of hydrogen-bond donors (Lipinski definition) is 0. The third kappa shape index (κ3) is 6.95. The smallest absolute Gasteiger partial charge is 0.308 e. The van der Waals surface area contributed by atoms with Crippen molar-refractivity contribution in [2.75, 3.05) is 13.7 Å². The van der Waals surface area contributed by atoms with Crippen LogP contribution in [0.1, 0.15) is 71.1 Å². The Balaban J connectivity index is 1.99. The lowest BCUT2D eigenvalue weighted by molar-refractivity contribution is -0.150. The zero-order valence-electron chi connectivity index (χ0n) is 12.7. The van der Waals surface area contributed by atoms with Crippen LogP contribution in [0.3, 0.4) is 0 Å². The van der Waals surface area contributed by atoms with Gasteiger partial charge in [-0.2, -0.15) is 0 Å². The predicted octanol–water partition coefficient (Wildman–Crippen LogP) is 4.10. The van der Waals surface area contributed by atoms with Gasteiger partial charge in [0.2, 0.25) is 0 Å². The first-order chi connectivity index (χ1) is 9.27. The largest absolute Gasteiger partial charge is 0.465 e. The quantitative estimate of drug-likeness (QED) is 0.467. The summed E-state index contributed by atoms with van der Waals surface area (Å²) in [5.41, 5.74) is 0. The third-order valence-corrected chi connectivity index (χ3v) is 4.08. The van der Waals surface area contributed by atoms with Gasteiger partial charge in [-0.25, -0.2) is 0 Å². The first kappa shape index (κ1) is 16.5.